The Hall–Kier alpha value is -3.23. The molecule has 3 aromatic rings. The van der Waals surface area contributed by atoms with Crippen molar-refractivity contribution in [1.82, 2.24) is 25.0 Å². The minimum absolute atomic E-state index is 0.0673. The van der Waals surface area contributed by atoms with E-state index in [2.05, 4.69) is 20.1 Å². The van der Waals surface area contributed by atoms with Gasteiger partial charge in [0, 0.05) is 37.7 Å². The molecule has 1 aromatic carbocycles. The van der Waals surface area contributed by atoms with Gasteiger partial charge in [-0.05, 0) is 35.9 Å². The molecule has 1 aliphatic rings. The third-order valence-corrected chi connectivity index (χ3v) is 5.25. The van der Waals surface area contributed by atoms with Crippen LogP contribution in [0.1, 0.15) is 17.0 Å². The lowest BCUT2D eigenvalue weighted by molar-refractivity contribution is -0.132. The second-order valence-electron chi connectivity index (χ2n) is 7.63. The molecule has 0 radical (unpaired) electrons. The molecule has 162 valence electrons. The highest BCUT2D eigenvalue weighted by Gasteiger charge is 2.29. The van der Waals surface area contributed by atoms with Gasteiger partial charge < -0.3 is 14.4 Å². The highest BCUT2D eigenvalue weighted by molar-refractivity contribution is 5.78. The zero-order valence-electron chi connectivity index (χ0n) is 17.6. The number of aromatic amines is 1. The second kappa shape index (κ2) is 10.2. The van der Waals surface area contributed by atoms with Gasteiger partial charge in [-0.3, -0.25) is 19.8 Å². The van der Waals surface area contributed by atoms with Crippen LogP contribution in [0.25, 0.3) is 0 Å². The van der Waals surface area contributed by atoms with Crippen LogP contribution in [0.3, 0.4) is 0 Å². The average molecular weight is 422 g/mol. The topological polar surface area (TPSA) is 83.6 Å². The maximum absolute atomic E-state index is 13.0. The number of methoxy groups -OCH3 is 1. The fourth-order valence-electron chi connectivity index (χ4n) is 3.70. The lowest BCUT2D eigenvalue weighted by Gasteiger charge is -2.24. The number of carbonyl (C=O) groups is 1. The van der Waals surface area contributed by atoms with Crippen LogP contribution in [0.5, 0.6) is 5.75 Å². The maximum atomic E-state index is 13.0. The molecule has 3 heterocycles. The molecule has 31 heavy (non-hydrogen) atoms. The van der Waals surface area contributed by atoms with Gasteiger partial charge in [0.15, 0.2) is 0 Å². The normalized spacial score (nSPS) is 17.5. The number of ether oxygens (including phenoxy) is 2. The van der Waals surface area contributed by atoms with Crippen LogP contribution in [0.4, 0.5) is 0 Å². The highest BCUT2D eigenvalue weighted by atomic mass is 16.5. The number of carbonyl (C=O) groups excluding carboxylic acids is 1. The van der Waals surface area contributed by atoms with Crippen molar-refractivity contribution in [2.24, 2.45) is 0 Å². The minimum atomic E-state index is -0.135. The van der Waals surface area contributed by atoms with Crippen LogP contribution >= 0.6 is 0 Å². The Morgan fingerprint density at radius 1 is 1.10 bits per heavy atom. The van der Waals surface area contributed by atoms with E-state index in [1.54, 1.807) is 19.5 Å². The van der Waals surface area contributed by atoms with Gasteiger partial charge in [-0.1, -0.05) is 18.2 Å². The van der Waals surface area contributed by atoms with E-state index in [0.717, 1.165) is 22.7 Å². The third-order valence-electron chi connectivity index (χ3n) is 5.25. The van der Waals surface area contributed by atoms with Crippen LogP contribution in [-0.2, 0) is 29.2 Å². The van der Waals surface area contributed by atoms with Crippen molar-refractivity contribution in [3.63, 3.8) is 0 Å². The molecule has 0 bridgehead atoms. The van der Waals surface area contributed by atoms with E-state index < -0.39 is 0 Å². The van der Waals surface area contributed by atoms with Gasteiger partial charge >= 0.3 is 0 Å². The molecule has 1 atom stereocenters. The van der Waals surface area contributed by atoms with Crippen molar-refractivity contribution in [3.05, 3.63) is 77.9 Å². The Morgan fingerprint density at radius 3 is 2.81 bits per heavy atom. The smallest absolute Gasteiger partial charge is 0.237 e. The number of hydrogen-bond donors (Lipinski definition) is 1. The van der Waals surface area contributed by atoms with E-state index in [0.29, 0.717) is 39.3 Å². The van der Waals surface area contributed by atoms with E-state index in [-0.39, 0.29) is 12.0 Å². The number of nitrogens with one attached hydrogen (secondary N) is 1. The molecule has 1 amide bonds. The summed E-state index contributed by atoms with van der Waals surface area (Å²) in [6.45, 7) is 3.02. The molecule has 8 nitrogen and oxygen atoms in total. The van der Waals surface area contributed by atoms with Gasteiger partial charge in [0.25, 0.3) is 0 Å². The number of rotatable bonds is 8. The van der Waals surface area contributed by atoms with Crippen molar-refractivity contribution in [1.29, 1.82) is 0 Å². The molecule has 1 saturated heterocycles. The Labute approximate surface area is 181 Å². The number of amides is 1. The van der Waals surface area contributed by atoms with E-state index in [1.807, 2.05) is 53.4 Å². The van der Waals surface area contributed by atoms with E-state index in [4.69, 9.17) is 9.47 Å². The summed E-state index contributed by atoms with van der Waals surface area (Å²) in [6, 6.07) is 15.5. The number of pyridine rings is 1. The Balaban J connectivity index is 1.47. The van der Waals surface area contributed by atoms with Gasteiger partial charge in [-0.15, -0.1) is 0 Å². The molecule has 2 aromatic heterocycles. The molecule has 1 fully saturated rings. The number of hydrogen-bond acceptors (Lipinski definition) is 6. The van der Waals surface area contributed by atoms with Gasteiger partial charge in [0.05, 0.1) is 38.6 Å². The first-order valence-electron chi connectivity index (χ1n) is 10.3. The average Bonchev–Trinajstić information content (AvgIpc) is 3.25. The molecule has 0 unspecified atom stereocenters. The summed E-state index contributed by atoms with van der Waals surface area (Å²) in [5, 5.41) is 6.99. The summed E-state index contributed by atoms with van der Waals surface area (Å²) >= 11 is 0. The number of nitrogens with zero attached hydrogens (tertiary/aromatic N) is 4. The minimum Gasteiger partial charge on any atom is -0.497 e. The van der Waals surface area contributed by atoms with Crippen LogP contribution in [-0.4, -0.2) is 63.7 Å². The molecule has 1 aliphatic heterocycles. The maximum Gasteiger partial charge on any atom is 0.237 e. The molecule has 4 rings (SSSR count). The number of H-pyrrole nitrogens is 1. The van der Waals surface area contributed by atoms with Crippen molar-refractivity contribution >= 4 is 5.91 Å². The first-order chi connectivity index (χ1) is 15.2. The first kappa shape index (κ1) is 21.0. The monoisotopic (exact) mass is 421 g/mol. The highest BCUT2D eigenvalue weighted by Crippen LogP contribution is 2.17. The Bertz CT molecular complexity index is 964. The number of aromatic nitrogens is 3. The van der Waals surface area contributed by atoms with E-state index in [1.165, 1.54) is 0 Å². The molecule has 0 spiro atoms. The largest absolute Gasteiger partial charge is 0.497 e. The standard InChI is InChI=1S/C23H27N5O3/c1-30-21-7-4-5-18(11-21)17-31-22-14-27(12-20-8-10-25-26-20)16-23(29)28(15-22)13-19-6-2-3-9-24-19/h2-11,22H,12-17H2,1H3,(H,25,26)/t22-/m1/s1. The predicted molar refractivity (Wildman–Crippen MR) is 115 cm³/mol. The zero-order valence-corrected chi connectivity index (χ0v) is 17.6. The predicted octanol–water partition coefficient (Wildman–Crippen LogP) is 2.24. The molecule has 1 N–H and O–H groups in total. The van der Waals surface area contributed by atoms with Gasteiger partial charge in [-0.2, -0.15) is 5.10 Å². The van der Waals surface area contributed by atoms with Crippen molar-refractivity contribution in [2.75, 3.05) is 26.7 Å². The molecule has 0 aliphatic carbocycles. The van der Waals surface area contributed by atoms with Gasteiger partial charge in [0.2, 0.25) is 5.91 Å². The summed E-state index contributed by atoms with van der Waals surface area (Å²) in [5.41, 5.74) is 2.87. The summed E-state index contributed by atoms with van der Waals surface area (Å²) < 4.78 is 11.6. The summed E-state index contributed by atoms with van der Waals surface area (Å²) in [4.78, 5) is 21.3. The molecule has 8 heteroatoms. The molecule has 0 saturated carbocycles. The van der Waals surface area contributed by atoms with Crippen LogP contribution < -0.4 is 4.74 Å². The molecular weight excluding hydrogens is 394 g/mol. The lowest BCUT2D eigenvalue weighted by atomic mass is 10.2. The van der Waals surface area contributed by atoms with Crippen molar-refractivity contribution < 1.29 is 14.3 Å². The Morgan fingerprint density at radius 2 is 2.03 bits per heavy atom. The van der Waals surface area contributed by atoms with Crippen LogP contribution in [0, 0.1) is 0 Å². The summed E-state index contributed by atoms with van der Waals surface area (Å²) in [5.74, 6) is 0.868. The van der Waals surface area contributed by atoms with Crippen LogP contribution in [0.2, 0.25) is 0 Å². The van der Waals surface area contributed by atoms with Gasteiger partial charge in [-0.25, -0.2) is 0 Å². The lowest BCUT2D eigenvalue weighted by Crippen LogP contribution is -2.37. The molecular formula is C23H27N5O3. The van der Waals surface area contributed by atoms with Gasteiger partial charge in [0.1, 0.15) is 5.75 Å². The third kappa shape index (κ3) is 5.90. The van der Waals surface area contributed by atoms with E-state index >= 15 is 0 Å². The SMILES string of the molecule is COc1cccc(CO[C@@H]2CN(Cc3ccn[nH]3)CC(=O)N(Cc3ccccn3)C2)c1. The fraction of sp³-hybridized carbons (Fsp3) is 0.348. The quantitative estimate of drug-likeness (QED) is 0.601. The number of benzene rings is 1. The van der Waals surface area contributed by atoms with Crippen molar-refractivity contribution in [3.8, 4) is 5.75 Å². The van der Waals surface area contributed by atoms with Crippen molar-refractivity contribution in [2.45, 2.75) is 25.8 Å². The fourth-order valence-corrected chi connectivity index (χ4v) is 3.70. The Kier molecular flexibility index (Phi) is 6.91. The van der Waals surface area contributed by atoms with E-state index in [9.17, 15) is 4.79 Å². The first-order valence-corrected chi connectivity index (χ1v) is 10.3. The second-order valence-corrected chi connectivity index (χ2v) is 7.63. The summed E-state index contributed by atoms with van der Waals surface area (Å²) in [7, 11) is 1.65. The van der Waals surface area contributed by atoms with Crippen LogP contribution in [0.15, 0.2) is 60.9 Å². The summed E-state index contributed by atoms with van der Waals surface area (Å²) in [6.07, 6.45) is 3.34. The zero-order chi connectivity index (χ0) is 21.5.